The molecule has 2 rings (SSSR count). The first-order chi connectivity index (χ1) is 10.0. The zero-order valence-corrected chi connectivity index (χ0v) is 13.5. The number of nitrogens with zero attached hydrogens (tertiary/aromatic N) is 2. The summed E-state index contributed by atoms with van der Waals surface area (Å²) in [6.45, 7) is 1.83. The average molecular weight is 326 g/mol. The largest absolute Gasteiger partial charge is 0.495 e. The zero-order valence-electron chi connectivity index (χ0n) is 12.0. The quantitative estimate of drug-likeness (QED) is 0.858. The van der Waals surface area contributed by atoms with Crippen LogP contribution in [0.5, 0.6) is 5.75 Å². The Hall–Kier alpha value is -1.66. The van der Waals surface area contributed by atoms with Crippen LogP contribution in [0, 0.1) is 0 Å². The van der Waals surface area contributed by atoms with E-state index in [4.69, 9.17) is 16.3 Å². The third-order valence-electron chi connectivity index (χ3n) is 2.85. The summed E-state index contributed by atoms with van der Waals surface area (Å²) in [7, 11) is 3.44. The van der Waals surface area contributed by atoms with Crippen molar-refractivity contribution in [2.45, 2.75) is 17.3 Å². The van der Waals surface area contributed by atoms with Gasteiger partial charge in [-0.1, -0.05) is 23.4 Å². The van der Waals surface area contributed by atoms with E-state index in [1.54, 1.807) is 31.5 Å². The molecule has 1 amide bonds. The molecule has 2 aromatic rings. The molecule has 21 heavy (non-hydrogen) atoms. The topological polar surface area (TPSA) is 56.1 Å². The highest BCUT2D eigenvalue weighted by Gasteiger charge is 2.18. The highest BCUT2D eigenvalue weighted by molar-refractivity contribution is 8.00. The molecule has 0 aliphatic heterocycles. The van der Waals surface area contributed by atoms with E-state index in [0.717, 1.165) is 5.16 Å². The summed E-state index contributed by atoms with van der Waals surface area (Å²) in [4.78, 5) is 16.5. The number of imidazole rings is 1. The smallest absolute Gasteiger partial charge is 0.237 e. The zero-order chi connectivity index (χ0) is 15.4. The van der Waals surface area contributed by atoms with Crippen LogP contribution in [0.15, 0.2) is 35.7 Å². The highest BCUT2D eigenvalue weighted by Crippen LogP contribution is 2.29. The van der Waals surface area contributed by atoms with Gasteiger partial charge in [0.15, 0.2) is 5.16 Å². The number of thioether (sulfide) groups is 1. The third kappa shape index (κ3) is 3.92. The Kier molecular flexibility index (Phi) is 5.14. The number of rotatable bonds is 5. The lowest BCUT2D eigenvalue weighted by atomic mass is 10.3. The Morgan fingerprint density at radius 1 is 1.52 bits per heavy atom. The predicted octanol–water partition coefficient (Wildman–Crippen LogP) is 3.20. The van der Waals surface area contributed by atoms with Gasteiger partial charge in [-0.25, -0.2) is 4.98 Å². The van der Waals surface area contributed by atoms with Gasteiger partial charge < -0.3 is 14.6 Å². The van der Waals surface area contributed by atoms with Crippen molar-refractivity contribution in [3.05, 3.63) is 35.6 Å². The van der Waals surface area contributed by atoms with Gasteiger partial charge in [-0.05, 0) is 25.1 Å². The summed E-state index contributed by atoms with van der Waals surface area (Å²) in [6, 6.07) is 5.09. The monoisotopic (exact) mass is 325 g/mol. The number of benzene rings is 1. The van der Waals surface area contributed by atoms with Gasteiger partial charge in [0.25, 0.3) is 0 Å². The molecule has 0 fully saturated rings. The van der Waals surface area contributed by atoms with Crippen molar-refractivity contribution in [2.75, 3.05) is 12.4 Å². The molecule has 0 saturated heterocycles. The number of aryl methyl sites for hydroxylation is 1. The van der Waals surface area contributed by atoms with Crippen molar-refractivity contribution in [2.24, 2.45) is 7.05 Å². The number of carbonyl (C=O) groups is 1. The molecule has 1 atom stereocenters. The maximum absolute atomic E-state index is 12.3. The molecule has 0 bridgehead atoms. The van der Waals surface area contributed by atoms with Crippen LogP contribution < -0.4 is 10.1 Å². The number of nitrogens with one attached hydrogen (secondary N) is 1. The van der Waals surface area contributed by atoms with Gasteiger partial charge in [-0.15, -0.1) is 0 Å². The number of ether oxygens (including phenoxy) is 1. The average Bonchev–Trinajstić information content (AvgIpc) is 2.84. The molecule has 1 aromatic heterocycles. The summed E-state index contributed by atoms with van der Waals surface area (Å²) >= 11 is 7.34. The van der Waals surface area contributed by atoms with Crippen LogP contribution >= 0.6 is 23.4 Å². The molecule has 0 saturated carbocycles. The van der Waals surface area contributed by atoms with Crippen LogP contribution in [0.3, 0.4) is 0 Å². The van der Waals surface area contributed by atoms with Gasteiger partial charge in [-0.2, -0.15) is 0 Å². The van der Waals surface area contributed by atoms with Crippen LogP contribution in [0.2, 0.25) is 5.02 Å². The fraction of sp³-hybridized carbons (Fsp3) is 0.286. The van der Waals surface area contributed by atoms with Gasteiger partial charge in [0.2, 0.25) is 5.91 Å². The summed E-state index contributed by atoms with van der Waals surface area (Å²) in [5.74, 6) is 0.436. The first kappa shape index (κ1) is 15.7. The lowest BCUT2D eigenvalue weighted by molar-refractivity contribution is -0.115. The number of carbonyl (C=O) groups excluding carboxylic acids is 1. The molecule has 0 aliphatic carbocycles. The van der Waals surface area contributed by atoms with Crippen LogP contribution in [0.4, 0.5) is 5.69 Å². The van der Waals surface area contributed by atoms with Crippen molar-refractivity contribution < 1.29 is 9.53 Å². The normalized spacial score (nSPS) is 12.0. The van der Waals surface area contributed by atoms with Crippen LogP contribution in [-0.4, -0.2) is 27.8 Å². The van der Waals surface area contributed by atoms with E-state index in [2.05, 4.69) is 10.3 Å². The van der Waals surface area contributed by atoms with E-state index >= 15 is 0 Å². The van der Waals surface area contributed by atoms with E-state index in [9.17, 15) is 4.79 Å². The minimum Gasteiger partial charge on any atom is -0.495 e. The second-order valence-electron chi connectivity index (χ2n) is 4.41. The van der Waals surface area contributed by atoms with Gasteiger partial charge in [0.05, 0.1) is 18.0 Å². The molecule has 0 radical (unpaired) electrons. The summed E-state index contributed by atoms with van der Waals surface area (Å²) in [5.41, 5.74) is 0.558. The molecule has 5 nitrogen and oxygen atoms in total. The molecule has 1 unspecified atom stereocenters. The van der Waals surface area contributed by atoms with E-state index in [-0.39, 0.29) is 11.2 Å². The molecule has 0 spiro atoms. The fourth-order valence-corrected chi connectivity index (χ4v) is 2.69. The van der Waals surface area contributed by atoms with Crippen LogP contribution in [0.1, 0.15) is 6.92 Å². The molecular formula is C14H16ClN3O2S. The van der Waals surface area contributed by atoms with Crippen LogP contribution in [-0.2, 0) is 11.8 Å². The predicted molar refractivity (Wildman–Crippen MR) is 85.2 cm³/mol. The number of methoxy groups -OCH3 is 1. The first-order valence-electron chi connectivity index (χ1n) is 6.29. The molecule has 1 heterocycles. The lowest BCUT2D eigenvalue weighted by Crippen LogP contribution is -2.23. The van der Waals surface area contributed by atoms with Crippen molar-refractivity contribution in [3.63, 3.8) is 0 Å². The van der Waals surface area contributed by atoms with Crippen molar-refractivity contribution in [1.82, 2.24) is 9.55 Å². The van der Waals surface area contributed by atoms with Gasteiger partial charge in [-0.3, -0.25) is 4.79 Å². The van der Waals surface area contributed by atoms with Gasteiger partial charge >= 0.3 is 0 Å². The van der Waals surface area contributed by atoms with E-state index in [0.29, 0.717) is 16.5 Å². The Labute approximate surface area is 132 Å². The summed E-state index contributed by atoms with van der Waals surface area (Å²) in [6.07, 6.45) is 3.54. The summed E-state index contributed by atoms with van der Waals surface area (Å²) < 4.78 is 7.08. The van der Waals surface area contributed by atoms with E-state index in [1.807, 2.05) is 24.7 Å². The highest BCUT2D eigenvalue weighted by atomic mass is 35.5. The Morgan fingerprint density at radius 3 is 2.90 bits per heavy atom. The second-order valence-corrected chi connectivity index (χ2v) is 6.16. The molecule has 7 heteroatoms. The minimum absolute atomic E-state index is 0.136. The number of halogens is 1. The maximum Gasteiger partial charge on any atom is 0.237 e. The Balaban J connectivity index is 2.07. The SMILES string of the molecule is COc1ccc(Cl)cc1NC(=O)C(C)Sc1nccn1C. The lowest BCUT2D eigenvalue weighted by Gasteiger charge is -2.14. The molecule has 0 aliphatic rings. The van der Waals surface area contributed by atoms with Gasteiger partial charge in [0.1, 0.15) is 5.75 Å². The van der Waals surface area contributed by atoms with Crippen molar-refractivity contribution >= 4 is 35.0 Å². The minimum atomic E-state index is -0.296. The summed E-state index contributed by atoms with van der Waals surface area (Å²) in [5, 5.41) is 3.86. The van der Waals surface area contributed by atoms with E-state index < -0.39 is 0 Å². The number of anilines is 1. The number of hydrogen-bond acceptors (Lipinski definition) is 4. The molecular weight excluding hydrogens is 310 g/mol. The Bertz CT molecular complexity index is 645. The van der Waals surface area contributed by atoms with Crippen molar-refractivity contribution in [3.8, 4) is 5.75 Å². The van der Waals surface area contributed by atoms with Crippen LogP contribution in [0.25, 0.3) is 0 Å². The first-order valence-corrected chi connectivity index (χ1v) is 7.55. The molecule has 1 N–H and O–H groups in total. The second kappa shape index (κ2) is 6.87. The number of amides is 1. The third-order valence-corrected chi connectivity index (χ3v) is 4.25. The number of aromatic nitrogens is 2. The standard InChI is InChI=1S/C14H16ClN3O2S/c1-9(21-14-16-6-7-18(14)2)13(19)17-11-8-10(15)4-5-12(11)20-3/h4-9H,1-3H3,(H,17,19). The van der Waals surface area contributed by atoms with E-state index in [1.165, 1.54) is 11.8 Å². The maximum atomic E-state index is 12.3. The number of hydrogen-bond donors (Lipinski definition) is 1. The Morgan fingerprint density at radius 2 is 2.29 bits per heavy atom. The molecule has 112 valence electrons. The fourth-order valence-electron chi connectivity index (χ4n) is 1.69. The molecule has 1 aromatic carbocycles. The van der Waals surface area contributed by atoms with Crippen molar-refractivity contribution in [1.29, 1.82) is 0 Å². The van der Waals surface area contributed by atoms with Gasteiger partial charge in [0, 0.05) is 24.5 Å².